The second kappa shape index (κ2) is 6.75. The van der Waals surface area contributed by atoms with E-state index in [0.29, 0.717) is 13.0 Å². The molecule has 0 aromatic heterocycles. The van der Waals surface area contributed by atoms with Crippen molar-refractivity contribution >= 4 is 5.91 Å². The number of aryl methyl sites for hydroxylation is 1. The van der Waals surface area contributed by atoms with Gasteiger partial charge in [-0.05, 0) is 37.0 Å². The van der Waals surface area contributed by atoms with Crippen molar-refractivity contribution in [3.63, 3.8) is 0 Å². The summed E-state index contributed by atoms with van der Waals surface area (Å²) in [6.07, 6.45) is 5.60. The van der Waals surface area contributed by atoms with E-state index >= 15 is 0 Å². The number of hydrogen-bond acceptors (Lipinski definition) is 3. The minimum Gasteiger partial charge on any atom is -0.497 e. The summed E-state index contributed by atoms with van der Waals surface area (Å²) in [5, 5.41) is 3.15. The number of methoxy groups -OCH3 is 1. The number of hydrogen-bond donors (Lipinski definition) is 2. The number of carbonyl (C=O) groups is 1. The highest BCUT2D eigenvalue weighted by atomic mass is 16.5. The van der Waals surface area contributed by atoms with Crippen LogP contribution in [0.3, 0.4) is 0 Å². The van der Waals surface area contributed by atoms with E-state index in [9.17, 15) is 4.79 Å². The number of nitrogens with two attached hydrogens (primary N) is 1. The average molecular weight is 276 g/mol. The van der Waals surface area contributed by atoms with Crippen LogP contribution in [0.2, 0.25) is 0 Å². The molecule has 0 spiro atoms. The second-order valence-corrected chi connectivity index (χ2v) is 5.59. The van der Waals surface area contributed by atoms with E-state index in [0.717, 1.165) is 43.4 Å². The Morgan fingerprint density at radius 2 is 1.95 bits per heavy atom. The van der Waals surface area contributed by atoms with Crippen LogP contribution in [0.25, 0.3) is 0 Å². The van der Waals surface area contributed by atoms with Gasteiger partial charge in [0.1, 0.15) is 5.75 Å². The topological polar surface area (TPSA) is 64.3 Å². The standard InChI is InChI=1S/C16H24N2O2/c1-20-14-7-4-13(5-8-14)6-9-15(19)18-16(12-17)10-2-3-11-16/h4-5,7-8H,2-3,6,9-12,17H2,1H3,(H,18,19). The zero-order chi connectivity index (χ0) is 14.4. The molecule has 1 aliphatic carbocycles. The fourth-order valence-corrected chi connectivity index (χ4v) is 2.84. The summed E-state index contributed by atoms with van der Waals surface area (Å²) < 4.78 is 5.12. The van der Waals surface area contributed by atoms with Crippen LogP contribution in [0, 0.1) is 0 Å². The Morgan fingerprint density at radius 3 is 2.50 bits per heavy atom. The van der Waals surface area contributed by atoms with Crippen LogP contribution in [0.5, 0.6) is 5.75 Å². The molecule has 1 fully saturated rings. The first-order chi connectivity index (χ1) is 9.67. The van der Waals surface area contributed by atoms with Gasteiger partial charge >= 0.3 is 0 Å². The molecule has 20 heavy (non-hydrogen) atoms. The summed E-state index contributed by atoms with van der Waals surface area (Å²) >= 11 is 0. The van der Waals surface area contributed by atoms with E-state index in [2.05, 4.69) is 5.32 Å². The molecule has 0 unspecified atom stereocenters. The molecule has 1 aromatic rings. The average Bonchev–Trinajstić information content (AvgIpc) is 2.95. The van der Waals surface area contributed by atoms with E-state index in [1.807, 2.05) is 24.3 Å². The monoisotopic (exact) mass is 276 g/mol. The van der Waals surface area contributed by atoms with Crippen molar-refractivity contribution in [3.05, 3.63) is 29.8 Å². The Bertz CT molecular complexity index is 436. The van der Waals surface area contributed by atoms with Gasteiger partial charge in [-0.1, -0.05) is 25.0 Å². The molecule has 1 saturated carbocycles. The summed E-state index contributed by atoms with van der Waals surface area (Å²) in [4.78, 5) is 12.1. The number of benzene rings is 1. The van der Waals surface area contributed by atoms with Crippen molar-refractivity contribution in [1.29, 1.82) is 0 Å². The lowest BCUT2D eigenvalue weighted by Crippen LogP contribution is -2.51. The molecule has 1 aromatic carbocycles. The molecule has 2 rings (SSSR count). The third-order valence-electron chi connectivity index (χ3n) is 4.16. The molecule has 4 heteroatoms. The number of amides is 1. The minimum absolute atomic E-state index is 0.105. The lowest BCUT2D eigenvalue weighted by molar-refractivity contribution is -0.122. The second-order valence-electron chi connectivity index (χ2n) is 5.59. The first-order valence-electron chi connectivity index (χ1n) is 7.31. The Labute approximate surface area is 120 Å². The van der Waals surface area contributed by atoms with E-state index in [1.54, 1.807) is 7.11 Å². The highest BCUT2D eigenvalue weighted by Crippen LogP contribution is 2.28. The van der Waals surface area contributed by atoms with Gasteiger partial charge < -0.3 is 15.8 Å². The molecule has 0 radical (unpaired) electrons. The quantitative estimate of drug-likeness (QED) is 0.835. The van der Waals surface area contributed by atoms with E-state index in [1.165, 1.54) is 0 Å². The first-order valence-corrected chi connectivity index (χ1v) is 7.31. The molecule has 110 valence electrons. The molecule has 3 N–H and O–H groups in total. The highest BCUT2D eigenvalue weighted by molar-refractivity contribution is 5.77. The first kappa shape index (κ1) is 14.9. The maximum absolute atomic E-state index is 12.1. The maximum atomic E-state index is 12.1. The van der Waals surface area contributed by atoms with E-state index < -0.39 is 0 Å². The van der Waals surface area contributed by atoms with Crippen molar-refractivity contribution in [2.75, 3.05) is 13.7 Å². The minimum atomic E-state index is -0.142. The fourth-order valence-electron chi connectivity index (χ4n) is 2.84. The fraction of sp³-hybridized carbons (Fsp3) is 0.562. The van der Waals surface area contributed by atoms with Crippen LogP contribution in [0.4, 0.5) is 0 Å². The molecule has 4 nitrogen and oxygen atoms in total. The van der Waals surface area contributed by atoms with Gasteiger partial charge in [-0.2, -0.15) is 0 Å². The van der Waals surface area contributed by atoms with Crippen LogP contribution < -0.4 is 15.8 Å². The SMILES string of the molecule is COc1ccc(CCC(=O)NC2(CN)CCCC2)cc1. The largest absolute Gasteiger partial charge is 0.497 e. The van der Waals surface area contributed by atoms with Crippen LogP contribution in [0.1, 0.15) is 37.7 Å². The van der Waals surface area contributed by atoms with Crippen LogP contribution in [-0.4, -0.2) is 25.1 Å². The van der Waals surface area contributed by atoms with Gasteiger partial charge in [0.2, 0.25) is 5.91 Å². The van der Waals surface area contributed by atoms with Crippen LogP contribution in [-0.2, 0) is 11.2 Å². The van der Waals surface area contributed by atoms with E-state index in [4.69, 9.17) is 10.5 Å². The molecule has 0 heterocycles. The summed E-state index contributed by atoms with van der Waals surface area (Å²) in [6.45, 7) is 0.543. The lowest BCUT2D eigenvalue weighted by atomic mass is 9.97. The van der Waals surface area contributed by atoms with Crippen LogP contribution in [0.15, 0.2) is 24.3 Å². The predicted octanol–water partition coefficient (Wildman–Crippen LogP) is 2.02. The molecule has 0 bridgehead atoms. The number of carbonyl (C=O) groups excluding carboxylic acids is 1. The molecular weight excluding hydrogens is 252 g/mol. The molecule has 0 saturated heterocycles. The van der Waals surface area contributed by atoms with Crippen molar-refractivity contribution < 1.29 is 9.53 Å². The molecule has 0 atom stereocenters. The summed E-state index contributed by atoms with van der Waals surface area (Å²) in [7, 11) is 1.65. The van der Waals surface area contributed by atoms with Crippen molar-refractivity contribution in [1.82, 2.24) is 5.32 Å². The third-order valence-corrected chi connectivity index (χ3v) is 4.16. The zero-order valence-electron chi connectivity index (χ0n) is 12.2. The zero-order valence-corrected chi connectivity index (χ0v) is 12.2. The van der Waals surface area contributed by atoms with Crippen molar-refractivity contribution in [2.45, 2.75) is 44.1 Å². The number of rotatable bonds is 6. The van der Waals surface area contributed by atoms with Gasteiger partial charge in [-0.25, -0.2) is 0 Å². The van der Waals surface area contributed by atoms with Gasteiger partial charge in [-0.15, -0.1) is 0 Å². The molecule has 0 aliphatic heterocycles. The normalized spacial score (nSPS) is 16.9. The summed E-state index contributed by atoms with van der Waals surface area (Å²) in [5.74, 6) is 0.944. The summed E-state index contributed by atoms with van der Waals surface area (Å²) in [5.41, 5.74) is 6.83. The Kier molecular flexibility index (Phi) is 5.01. The summed E-state index contributed by atoms with van der Waals surface area (Å²) in [6, 6.07) is 7.85. The molecular formula is C16H24N2O2. The molecule has 1 aliphatic rings. The van der Waals surface area contributed by atoms with Gasteiger partial charge in [0.05, 0.1) is 12.6 Å². The smallest absolute Gasteiger partial charge is 0.220 e. The Balaban J connectivity index is 1.82. The van der Waals surface area contributed by atoms with Crippen molar-refractivity contribution in [2.24, 2.45) is 5.73 Å². The maximum Gasteiger partial charge on any atom is 0.220 e. The predicted molar refractivity (Wildman–Crippen MR) is 79.7 cm³/mol. The van der Waals surface area contributed by atoms with Crippen molar-refractivity contribution in [3.8, 4) is 5.75 Å². The third kappa shape index (κ3) is 3.73. The Hall–Kier alpha value is -1.55. The van der Waals surface area contributed by atoms with Crippen LogP contribution >= 0.6 is 0 Å². The highest BCUT2D eigenvalue weighted by Gasteiger charge is 2.33. The van der Waals surface area contributed by atoms with Gasteiger partial charge in [-0.3, -0.25) is 4.79 Å². The molecule has 1 amide bonds. The van der Waals surface area contributed by atoms with Gasteiger partial charge in [0, 0.05) is 13.0 Å². The number of ether oxygens (including phenoxy) is 1. The van der Waals surface area contributed by atoms with E-state index in [-0.39, 0.29) is 11.4 Å². The number of nitrogens with one attached hydrogen (secondary N) is 1. The Morgan fingerprint density at radius 1 is 1.30 bits per heavy atom. The van der Waals surface area contributed by atoms with Gasteiger partial charge in [0.25, 0.3) is 0 Å². The van der Waals surface area contributed by atoms with Gasteiger partial charge in [0.15, 0.2) is 0 Å². The lowest BCUT2D eigenvalue weighted by Gasteiger charge is -2.28.